The molecule has 0 atom stereocenters. The first-order valence-corrected chi connectivity index (χ1v) is 6.84. The molecule has 0 heterocycles. The normalized spacial score (nSPS) is 16.3. The highest BCUT2D eigenvalue weighted by atomic mass is 35.5. The van der Waals surface area contributed by atoms with Crippen LogP contribution in [0.2, 0.25) is 0 Å². The maximum absolute atomic E-state index is 12.2. The minimum absolute atomic E-state index is 0. The Hall–Kier alpha value is -1.22. The Morgan fingerprint density at radius 2 is 1.84 bits per heavy atom. The van der Waals surface area contributed by atoms with Gasteiger partial charge in [0.25, 0.3) is 0 Å². The molecule has 1 aromatic carbocycles. The molecule has 1 fully saturated rings. The number of benzene rings is 1. The Morgan fingerprint density at radius 3 is 2.47 bits per heavy atom. The van der Waals surface area contributed by atoms with E-state index in [0.717, 1.165) is 24.1 Å². The zero-order valence-electron chi connectivity index (χ0n) is 11.4. The molecule has 0 bridgehead atoms. The van der Waals surface area contributed by atoms with E-state index in [-0.39, 0.29) is 24.2 Å². The maximum Gasteiger partial charge on any atom is 0.227 e. The number of nitrogens with one attached hydrogen (secondary N) is 1. The molecule has 0 saturated heterocycles. The van der Waals surface area contributed by atoms with Crippen LogP contribution >= 0.6 is 12.4 Å². The van der Waals surface area contributed by atoms with Crippen LogP contribution in [0.25, 0.3) is 0 Å². The van der Waals surface area contributed by atoms with Gasteiger partial charge in [0, 0.05) is 17.3 Å². The van der Waals surface area contributed by atoms with Gasteiger partial charge in [0.1, 0.15) is 0 Å². The smallest absolute Gasteiger partial charge is 0.227 e. The second kappa shape index (κ2) is 7.39. The third-order valence-corrected chi connectivity index (χ3v) is 3.75. The Balaban J connectivity index is 0.00000180. The Kier molecular flexibility index (Phi) is 6.16. The largest absolute Gasteiger partial charge is 0.399 e. The van der Waals surface area contributed by atoms with Gasteiger partial charge in [-0.2, -0.15) is 0 Å². The van der Waals surface area contributed by atoms with Gasteiger partial charge in [0.15, 0.2) is 0 Å². The highest BCUT2D eigenvalue weighted by Gasteiger charge is 2.20. The SMILES string of the molecule is Cc1ccc(N)cc1NC(=O)C1CCCCCC1.Cl. The molecule has 1 amide bonds. The van der Waals surface area contributed by atoms with Gasteiger partial charge in [0.05, 0.1) is 0 Å². The van der Waals surface area contributed by atoms with Gasteiger partial charge in [0.2, 0.25) is 5.91 Å². The second-order valence-corrected chi connectivity index (χ2v) is 5.25. The lowest BCUT2D eigenvalue weighted by molar-refractivity contribution is -0.120. The number of anilines is 2. The Bertz CT molecular complexity index is 426. The molecule has 1 aliphatic rings. The summed E-state index contributed by atoms with van der Waals surface area (Å²) in [6.07, 6.45) is 6.92. The third kappa shape index (κ3) is 4.43. The van der Waals surface area contributed by atoms with Crippen LogP contribution in [0.3, 0.4) is 0 Å². The molecule has 106 valence electrons. The monoisotopic (exact) mass is 282 g/mol. The molecule has 4 heteroatoms. The standard InChI is InChI=1S/C15H22N2O.ClH/c1-11-8-9-13(16)10-14(11)17-15(18)12-6-4-2-3-5-7-12;/h8-10,12H,2-7,16H2,1H3,(H,17,18);1H. The van der Waals surface area contributed by atoms with Crippen molar-refractivity contribution in [1.82, 2.24) is 0 Å². The highest BCUT2D eigenvalue weighted by Crippen LogP contribution is 2.25. The topological polar surface area (TPSA) is 55.1 Å². The van der Waals surface area contributed by atoms with Crippen molar-refractivity contribution in [3.05, 3.63) is 23.8 Å². The van der Waals surface area contributed by atoms with Crippen molar-refractivity contribution in [2.24, 2.45) is 5.92 Å². The first kappa shape index (κ1) is 15.8. The van der Waals surface area contributed by atoms with E-state index < -0.39 is 0 Å². The predicted octanol–water partition coefficient (Wildman–Crippen LogP) is 3.91. The molecular formula is C15H23ClN2O. The number of nitrogens with two attached hydrogens (primary N) is 1. The first-order chi connectivity index (χ1) is 8.66. The second-order valence-electron chi connectivity index (χ2n) is 5.25. The summed E-state index contributed by atoms with van der Waals surface area (Å²) >= 11 is 0. The van der Waals surface area contributed by atoms with Crippen LogP contribution in [-0.2, 0) is 4.79 Å². The van der Waals surface area contributed by atoms with E-state index in [1.54, 1.807) is 0 Å². The number of hydrogen-bond donors (Lipinski definition) is 2. The fourth-order valence-corrected chi connectivity index (χ4v) is 2.55. The zero-order chi connectivity index (χ0) is 13.0. The number of rotatable bonds is 2. The van der Waals surface area contributed by atoms with Crippen LogP contribution in [0.15, 0.2) is 18.2 Å². The first-order valence-electron chi connectivity index (χ1n) is 6.84. The van der Waals surface area contributed by atoms with E-state index in [4.69, 9.17) is 5.73 Å². The molecule has 0 aromatic heterocycles. The van der Waals surface area contributed by atoms with Gasteiger partial charge in [-0.3, -0.25) is 4.79 Å². The van der Waals surface area contributed by atoms with E-state index in [9.17, 15) is 4.79 Å². The summed E-state index contributed by atoms with van der Waals surface area (Å²) in [5.74, 6) is 0.332. The number of aryl methyl sites for hydroxylation is 1. The summed E-state index contributed by atoms with van der Waals surface area (Å²) in [6, 6.07) is 5.64. The van der Waals surface area contributed by atoms with Crippen LogP contribution in [0, 0.1) is 12.8 Å². The molecule has 0 spiro atoms. The quantitative estimate of drug-likeness (QED) is 0.638. The molecule has 1 aromatic rings. The average molecular weight is 283 g/mol. The van der Waals surface area contributed by atoms with Crippen LogP contribution in [0.1, 0.15) is 44.1 Å². The van der Waals surface area contributed by atoms with Crippen LogP contribution in [-0.4, -0.2) is 5.91 Å². The molecule has 0 aliphatic heterocycles. The van der Waals surface area contributed by atoms with Crippen molar-refractivity contribution in [3.8, 4) is 0 Å². The van der Waals surface area contributed by atoms with Crippen LogP contribution in [0.5, 0.6) is 0 Å². The minimum Gasteiger partial charge on any atom is -0.399 e. The van der Waals surface area contributed by atoms with Crippen LogP contribution in [0.4, 0.5) is 11.4 Å². The fraction of sp³-hybridized carbons (Fsp3) is 0.533. The molecule has 0 unspecified atom stereocenters. The average Bonchev–Trinajstić information content (AvgIpc) is 2.62. The summed E-state index contributed by atoms with van der Waals surface area (Å²) in [5.41, 5.74) is 8.36. The number of amides is 1. The fourth-order valence-electron chi connectivity index (χ4n) is 2.55. The van der Waals surface area contributed by atoms with Gasteiger partial charge >= 0.3 is 0 Å². The molecule has 3 nitrogen and oxygen atoms in total. The summed E-state index contributed by atoms with van der Waals surface area (Å²) in [5, 5.41) is 3.03. The summed E-state index contributed by atoms with van der Waals surface area (Å²) in [6.45, 7) is 1.99. The van der Waals surface area contributed by atoms with Crippen molar-refractivity contribution in [1.29, 1.82) is 0 Å². The maximum atomic E-state index is 12.2. The molecule has 1 saturated carbocycles. The highest BCUT2D eigenvalue weighted by molar-refractivity contribution is 5.93. The zero-order valence-corrected chi connectivity index (χ0v) is 12.3. The van der Waals surface area contributed by atoms with Crippen molar-refractivity contribution >= 4 is 29.7 Å². The van der Waals surface area contributed by atoms with E-state index in [0.29, 0.717) is 5.69 Å². The van der Waals surface area contributed by atoms with Gasteiger partial charge in [-0.05, 0) is 37.5 Å². The number of carbonyl (C=O) groups excluding carboxylic acids is 1. The number of hydrogen-bond acceptors (Lipinski definition) is 2. The summed E-state index contributed by atoms with van der Waals surface area (Å²) in [4.78, 5) is 12.2. The lowest BCUT2D eigenvalue weighted by Crippen LogP contribution is -2.22. The summed E-state index contributed by atoms with van der Waals surface area (Å²) < 4.78 is 0. The third-order valence-electron chi connectivity index (χ3n) is 3.75. The lowest BCUT2D eigenvalue weighted by Gasteiger charge is -2.15. The van der Waals surface area contributed by atoms with Gasteiger partial charge in [-0.15, -0.1) is 12.4 Å². The van der Waals surface area contributed by atoms with E-state index in [1.807, 2.05) is 25.1 Å². The van der Waals surface area contributed by atoms with Gasteiger partial charge in [-0.25, -0.2) is 0 Å². The number of carbonyl (C=O) groups is 1. The van der Waals surface area contributed by atoms with E-state index in [1.165, 1.54) is 25.7 Å². The predicted molar refractivity (Wildman–Crippen MR) is 82.7 cm³/mol. The molecule has 1 aliphatic carbocycles. The number of halogens is 1. The van der Waals surface area contributed by atoms with Crippen LogP contribution < -0.4 is 11.1 Å². The molecule has 2 rings (SSSR count). The summed E-state index contributed by atoms with van der Waals surface area (Å²) in [7, 11) is 0. The van der Waals surface area contributed by atoms with Crippen molar-refractivity contribution < 1.29 is 4.79 Å². The van der Waals surface area contributed by atoms with Gasteiger partial charge in [-0.1, -0.05) is 31.7 Å². The number of nitrogen functional groups attached to an aromatic ring is 1. The minimum atomic E-state index is 0. The van der Waals surface area contributed by atoms with E-state index >= 15 is 0 Å². The molecule has 3 N–H and O–H groups in total. The molecule has 0 radical (unpaired) electrons. The van der Waals surface area contributed by atoms with Gasteiger partial charge < -0.3 is 11.1 Å². The lowest BCUT2D eigenvalue weighted by atomic mass is 9.99. The van der Waals surface area contributed by atoms with Crippen molar-refractivity contribution in [2.75, 3.05) is 11.1 Å². The Morgan fingerprint density at radius 1 is 1.21 bits per heavy atom. The molecular weight excluding hydrogens is 260 g/mol. The van der Waals surface area contributed by atoms with E-state index in [2.05, 4.69) is 5.32 Å². The van der Waals surface area contributed by atoms with Crippen molar-refractivity contribution in [3.63, 3.8) is 0 Å². The molecule has 19 heavy (non-hydrogen) atoms. The Labute approximate surface area is 121 Å². The van der Waals surface area contributed by atoms with Crippen molar-refractivity contribution in [2.45, 2.75) is 45.4 Å².